The molecule has 130 valence electrons. The predicted octanol–water partition coefficient (Wildman–Crippen LogP) is 5.01. The van der Waals surface area contributed by atoms with Crippen molar-refractivity contribution in [1.29, 1.82) is 5.26 Å². The fourth-order valence-corrected chi connectivity index (χ4v) is 4.40. The van der Waals surface area contributed by atoms with Gasteiger partial charge in [0.25, 0.3) is 0 Å². The molecule has 0 saturated carbocycles. The lowest BCUT2D eigenvalue weighted by molar-refractivity contribution is -0.143. The number of ether oxygens (including phenoxy) is 1. The fourth-order valence-electron chi connectivity index (χ4n) is 2.10. The zero-order valence-corrected chi connectivity index (χ0v) is 16.4. The Kier molecular flexibility index (Phi) is 7.63. The molecule has 1 unspecified atom stereocenters. The Morgan fingerprint density at radius 1 is 1.36 bits per heavy atom. The molecule has 1 atom stereocenters. The van der Waals surface area contributed by atoms with Crippen molar-refractivity contribution < 1.29 is 9.53 Å². The monoisotopic (exact) mass is 389 g/mol. The molecule has 0 N–H and O–H groups in total. The summed E-state index contributed by atoms with van der Waals surface area (Å²) in [6.45, 7) is 2.18. The third kappa shape index (κ3) is 6.62. The topological polar surface area (TPSA) is 50.1 Å². The van der Waals surface area contributed by atoms with Crippen molar-refractivity contribution in [3.63, 3.8) is 0 Å². The third-order valence-electron chi connectivity index (χ3n) is 3.60. The number of benzene rings is 1. The first-order valence-electron chi connectivity index (χ1n) is 7.89. The van der Waals surface area contributed by atoms with E-state index in [1.807, 2.05) is 54.1 Å². The lowest BCUT2D eigenvalue weighted by atomic mass is 10.1. The van der Waals surface area contributed by atoms with E-state index in [0.29, 0.717) is 17.2 Å². The summed E-state index contributed by atoms with van der Waals surface area (Å²) in [5, 5.41) is 13.6. The highest BCUT2D eigenvalue weighted by molar-refractivity contribution is 8.24. The van der Waals surface area contributed by atoms with Crippen molar-refractivity contribution in [2.45, 2.75) is 30.9 Å². The van der Waals surface area contributed by atoms with Crippen LogP contribution in [0.25, 0.3) is 0 Å². The molecular weight excluding hydrogens is 370 g/mol. The zero-order chi connectivity index (χ0) is 18.1. The summed E-state index contributed by atoms with van der Waals surface area (Å²) in [6, 6.07) is 13.9. The van der Waals surface area contributed by atoms with Crippen LogP contribution in [-0.2, 0) is 16.0 Å². The molecule has 0 fully saturated rings. The molecule has 0 amide bonds. The highest BCUT2D eigenvalue weighted by atomic mass is 32.2. The summed E-state index contributed by atoms with van der Waals surface area (Å²) in [4.78, 5) is 11.9. The van der Waals surface area contributed by atoms with E-state index in [4.69, 9.17) is 17.0 Å². The molecule has 0 radical (unpaired) electrons. The van der Waals surface area contributed by atoms with Gasteiger partial charge < -0.3 is 4.74 Å². The number of thiophene rings is 1. The third-order valence-corrected chi connectivity index (χ3v) is 5.99. The smallest absolute Gasteiger partial charge is 0.305 e. The maximum atomic E-state index is 11.9. The van der Waals surface area contributed by atoms with Gasteiger partial charge in [-0.05, 0) is 41.3 Å². The number of hydrogen-bond acceptors (Lipinski definition) is 6. The summed E-state index contributed by atoms with van der Waals surface area (Å²) >= 11 is 8.38. The van der Waals surface area contributed by atoms with Gasteiger partial charge in [0.15, 0.2) is 0 Å². The van der Waals surface area contributed by atoms with Gasteiger partial charge in [0, 0.05) is 12.8 Å². The van der Waals surface area contributed by atoms with Gasteiger partial charge in [-0.1, -0.05) is 54.3 Å². The number of hydrogen-bond donors (Lipinski definition) is 0. The van der Waals surface area contributed by atoms with Crippen LogP contribution in [0.3, 0.4) is 0 Å². The van der Waals surface area contributed by atoms with E-state index in [0.717, 1.165) is 12.0 Å². The molecule has 25 heavy (non-hydrogen) atoms. The summed E-state index contributed by atoms with van der Waals surface area (Å²) in [7, 11) is 0. The number of esters is 1. The largest absolute Gasteiger partial charge is 0.465 e. The molecule has 0 aliphatic rings. The van der Waals surface area contributed by atoms with Crippen molar-refractivity contribution in [2.24, 2.45) is 0 Å². The molecule has 0 saturated heterocycles. The fraction of sp³-hybridized carbons (Fsp3) is 0.316. The van der Waals surface area contributed by atoms with E-state index < -0.39 is 4.75 Å². The first-order chi connectivity index (χ1) is 12.0. The van der Waals surface area contributed by atoms with Crippen molar-refractivity contribution >= 4 is 45.5 Å². The van der Waals surface area contributed by atoms with Crippen LogP contribution < -0.4 is 0 Å². The predicted molar refractivity (Wildman–Crippen MR) is 108 cm³/mol. The van der Waals surface area contributed by atoms with E-state index in [1.54, 1.807) is 11.3 Å². The number of rotatable bonds is 8. The van der Waals surface area contributed by atoms with Gasteiger partial charge in [-0.2, -0.15) is 16.6 Å². The van der Waals surface area contributed by atoms with Crippen LogP contribution in [0.15, 0.2) is 47.2 Å². The number of thioether (sulfide) groups is 1. The Morgan fingerprint density at radius 3 is 2.76 bits per heavy atom. The molecule has 0 bridgehead atoms. The molecule has 0 aliphatic carbocycles. The van der Waals surface area contributed by atoms with Crippen LogP contribution in [-0.4, -0.2) is 21.5 Å². The lowest BCUT2D eigenvalue weighted by Gasteiger charge is -2.20. The molecule has 6 heteroatoms. The SMILES string of the molecule is CC(C#N)(CCC(=O)OCCc1ccsc1)SC(=S)c1ccccc1. The number of carbonyl (C=O) groups is 1. The zero-order valence-electron chi connectivity index (χ0n) is 13.9. The maximum absolute atomic E-state index is 11.9. The Morgan fingerprint density at radius 2 is 2.12 bits per heavy atom. The summed E-state index contributed by atoms with van der Waals surface area (Å²) < 4.78 is 5.17. The van der Waals surface area contributed by atoms with Gasteiger partial charge in [0.1, 0.15) is 4.75 Å². The van der Waals surface area contributed by atoms with Crippen molar-refractivity contribution in [3.8, 4) is 6.07 Å². The van der Waals surface area contributed by atoms with Gasteiger partial charge in [-0.25, -0.2) is 0 Å². The molecule has 1 aromatic heterocycles. The average molecular weight is 390 g/mol. The van der Waals surface area contributed by atoms with Gasteiger partial charge >= 0.3 is 5.97 Å². The van der Waals surface area contributed by atoms with Crippen LogP contribution >= 0.6 is 35.3 Å². The molecular formula is C19H19NO2S3. The highest BCUT2D eigenvalue weighted by Crippen LogP contribution is 2.33. The van der Waals surface area contributed by atoms with Crippen LogP contribution in [0.1, 0.15) is 30.9 Å². The van der Waals surface area contributed by atoms with Crippen LogP contribution in [0, 0.1) is 11.3 Å². The van der Waals surface area contributed by atoms with Crippen LogP contribution in [0.4, 0.5) is 0 Å². The van der Waals surface area contributed by atoms with E-state index in [-0.39, 0.29) is 12.4 Å². The standard InChI is InChI=1S/C19H19NO2S3/c1-19(14-20,25-18(23)16-5-3-2-4-6-16)10-7-17(21)22-11-8-15-9-12-24-13-15/h2-6,9,12-13H,7-8,10-11H2,1H3. The Bertz CT molecular complexity index is 738. The second kappa shape index (κ2) is 9.71. The lowest BCUT2D eigenvalue weighted by Crippen LogP contribution is -2.22. The maximum Gasteiger partial charge on any atom is 0.305 e. The molecule has 2 rings (SSSR count). The van der Waals surface area contributed by atoms with E-state index in [9.17, 15) is 10.1 Å². The average Bonchev–Trinajstić information content (AvgIpc) is 3.14. The number of nitriles is 1. The van der Waals surface area contributed by atoms with Gasteiger partial charge in [0.05, 0.1) is 16.9 Å². The summed E-state index contributed by atoms with van der Waals surface area (Å²) in [5.74, 6) is -0.275. The minimum atomic E-state index is -0.751. The van der Waals surface area contributed by atoms with Crippen LogP contribution in [0.2, 0.25) is 0 Å². The van der Waals surface area contributed by atoms with Crippen molar-refractivity contribution in [1.82, 2.24) is 0 Å². The minimum absolute atomic E-state index is 0.206. The summed E-state index contributed by atoms with van der Waals surface area (Å²) in [6.07, 6.45) is 1.33. The molecule has 3 nitrogen and oxygen atoms in total. The van der Waals surface area contributed by atoms with Crippen molar-refractivity contribution in [3.05, 3.63) is 58.3 Å². The summed E-state index contributed by atoms with van der Waals surface area (Å²) in [5.41, 5.74) is 2.09. The quantitative estimate of drug-likeness (QED) is 0.469. The molecule has 1 heterocycles. The Hall–Kier alpha value is -1.68. The van der Waals surface area contributed by atoms with Gasteiger partial charge in [-0.3, -0.25) is 4.79 Å². The molecule has 0 aliphatic heterocycles. The van der Waals surface area contributed by atoms with Crippen LogP contribution in [0.5, 0.6) is 0 Å². The molecule has 2 aromatic rings. The van der Waals surface area contributed by atoms with Gasteiger partial charge in [0.2, 0.25) is 0 Å². The first kappa shape index (κ1) is 19.6. The first-order valence-corrected chi connectivity index (χ1v) is 10.1. The Balaban J connectivity index is 1.78. The second-order valence-electron chi connectivity index (χ2n) is 5.70. The normalized spacial score (nSPS) is 12.8. The molecule has 0 spiro atoms. The number of thiocarbonyl (C=S) groups is 1. The molecule has 1 aromatic carbocycles. The van der Waals surface area contributed by atoms with E-state index in [1.165, 1.54) is 17.3 Å². The second-order valence-corrected chi connectivity index (χ2v) is 8.66. The minimum Gasteiger partial charge on any atom is -0.465 e. The van der Waals surface area contributed by atoms with Crippen molar-refractivity contribution in [2.75, 3.05) is 6.61 Å². The number of carbonyl (C=O) groups excluding carboxylic acids is 1. The number of nitrogens with zero attached hydrogens (tertiary/aromatic N) is 1. The van der Waals surface area contributed by atoms with E-state index in [2.05, 4.69) is 6.07 Å². The highest BCUT2D eigenvalue weighted by Gasteiger charge is 2.28. The van der Waals surface area contributed by atoms with E-state index >= 15 is 0 Å². The Labute approximate surface area is 162 Å². The van der Waals surface area contributed by atoms with Gasteiger partial charge in [-0.15, -0.1) is 0 Å².